The topological polar surface area (TPSA) is 454 Å². The predicted molar refractivity (Wildman–Crippen MR) is 350 cm³/mol. The molecule has 0 saturated carbocycles. The molecule has 0 aromatic heterocycles. The molecule has 1 aliphatic heterocycles. The summed E-state index contributed by atoms with van der Waals surface area (Å²) in [6, 6.07) is 9.98. The van der Waals surface area contributed by atoms with Gasteiger partial charge in [-0.15, -0.1) is 0 Å². The van der Waals surface area contributed by atoms with Crippen molar-refractivity contribution in [2.45, 2.75) is 191 Å². The van der Waals surface area contributed by atoms with E-state index in [9.17, 15) is 58.5 Å². The molecule has 19 N–H and O–H groups in total. The minimum absolute atomic E-state index is 0.0359. The van der Waals surface area contributed by atoms with Crippen LogP contribution in [0.15, 0.2) is 73.8 Å². The molecule has 1 heterocycles. The van der Waals surface area contributed by atoms with Crippen LogP contribution in [0.5, 0.6) is 5.75 Å². The Kier molecular flexibility index (Phi) is 34.6. The van der Waals surface area contributed by atoms with E-state index in [1.807, 2.05) is 0 Å². The highest BCUT2D eigenvalue weighted by molar-refractivity contribution is 6.09. The second-order valence-electron chi connectivity index (χ2n) is 22.9. The molecule has 0 radical (unpaired) electrons. The van der Waals surface area contributed by atoms with Gasteiger partial charge in [-0.2, -0.15) is 0 Å². The Morgan fingerprint density at radius 3 is 1.51 bits per heavy atom. The average Bonchev–Trinajstić information content (AvgIpc) is 0.816. The van der Waals surface area contributed by atoms with E-state index in [0.717, 1.165) is 103 Å². The molecule has 4 rings (SSSR count). The Hall–Kier alpha value is -8.81. The number of amides is 6. The molecule has 26 nitrogen and oxygen atoms in total. The number of hydrogen-bond donors (Lipinski definition) is 14. The van der Waals surface area contributed by atoms with E-state index in [1.165, 1.54) is 48.5 Å². The minimum atomic E-state index is -1.34. The number of rotatable bonds is 47. The third kappa shape index (κ3) is 29.1. The van der Waals surface area contributed by atoms with Crippen molar-refractivity contribution in [2.24, 2.45) is 38.7 Å². The first kappa shape index (κ1) is 74.7. The van der Waals surface area contributed by atoms with Gasteiger partial charge in [-0.25, -0.2) is 9.59 Å². The number of carboxylic acids is 2. The van der Waals surface area contributed by atoms with Gasteiger partial charge in [0.2, 0.25) is 29.5 Å². The Morgan fingerprint density at radius 1 is 0.505 bits per heavy atom. The Morgan fingerprint density at radius 2 is 0.989 bits per heavy atom. The Bertz CT molecular complexity index is 3070. The fourth-order valence-electron chi connectivity index (χ4n) is 10.5. The maximum atomic E-state index is 13.4. The summed E-state index contributed by atoms with van der Waals surface area (Å²) < 4.78 is 5.89. The molecule has 0 bridgehead atoms. The number of phenolic OH excluding ortho intramolecular Hbond substituents is 1. The molecule has 3 atom stereocenters. The highest BCUT2D eigenvalue weighted by Crippen LogP contribution is 2.42. The first-order chi connectivity index (χ1) is 43.8. The number of carbonyl (C=O) groups excluding carboxylic acids is 6. The lowest BCUT2D eigenvalue weighted by Crippen LogP contribution is -2.49. The summed E-state index contributed by atoms with van der Waals surface area (Å²) in [7, 11) is 0. The molecule has 500 valence electrons. The number of aromatic carboxylic acids is 1. The lowest BCUT2D eigenvalue weighted by atomic mass is 9.90. The number of phenols is 1. The van der Waals surface area contributed by atoms with Crippen LogP contribution in [-0.4, -0.2) is 132 Å². The van der Waals surface area contributed by atoms with Gasteiger partial charge in [-0.1, -0.05) is 96.0 Å². The van der Waals surface area contributed by atoms with Crippen molar-refractivity contribution in [3.05, 3.63) is 75.9 Å². The van der Waals surface area contributed by atoms with Crippen molar-refractivity contribution in [1.29, 1.82) is 0 Å². The zero-order chi connectivity index (χ0) is 66.3. The number of carboxylic acid groups (broad SMARTS) is 2. The monoisotopic (exact) mass is 1270 g/mol. The number of aliphatic carboxylic acids is 1. The second-order valence-corrected chi connectivity index (χ2v) is 22.9. The van der Waals surface area contributed by atoms with Gasteiger partial charge in [0.05, 0.1) is 12.1 Å². The predicted octanol–water partition coefficient (Wildman–Crippen LogP) is 5.51. The summed E-state index contributed by atoms with van der Waals surface area (Å²) in [5, 5.41) is 47.0. The fourth-order valence-corrected chi connectivity index (χ4v) is 10.5. The maximum absolute atomic E-state index is 13.4. The number of nitrogens with one attached hydrogen (secondary N) is 6. The van der Waals surface area contributed by atoms with Crippen molar-refractivity contribution in [1.82, 2.24) is 31.9 Å². The standard InChI is InChI=1S/C65H97N13O13/c66-34-18-17-23-50(77-57(83)42-75-59(84)43-28-31-46(49(39-43)62(87)88)58-47-32-29-44(79)40-53(47)91-54-41-45(80)30-33-48(54)58)60(85)71-35-19-13-9-5-1-3-7-11-15-26-55(81)76-51(24-21-37-73-64(67)68)61(86)72-36-20-14-10-6-2-4-8-12-16-27-56(82)78-52(63(89)90)25-22-38-74-65(69)70/h28-33,39-41,50-52,79H,1-27,34-38,42,66H2,(H,71,85)(H,72,86)(H,75,84)(H,76,81)(H,77,83)(H,78,82)(H,87,88)(H,89,90)(H4,67,68,73)(H4,69,70,74)/t50-,51-,52-/m0/s1. The summed E-state index contributed by atoms with van der Waals surface area (Å²) in [6.07, 6.45) is 20.4. The second kappa shape index (κ2) is 42.2. The molecular formula is C65H97N13O13. The van der Waals surface area contributed by atoms with E-state index in [4.69, 9.17) is 33.1 Å². The zero-order valence-electron chi connectivity index (χ0n) is 52.5. The molecule has 0 spiro atoms. The number of aliphatic imine (C=N–C) groups is 2. The number of guanidine groups is 2. The van der Waals surface area contributed by atoms with Gasteiger partial charge >= 0.3 is 11.9 Å². The van der Waals surface area contributed by atoms with Crippen molar-refractivity contribution in [2.75, 3.05) is 39.3 Å². The lowest BCUT2D eigenvalue weighted by Gasteiger charge is -2.19. The number of aromatic hydroxyl groups is 1. The van der Waals surface area contributed by atoms with Crippen LogP contribution >= 0.6 is 0 Å². The van der Waals surface area contributed by atoms with Crippen LogP contribution in [0.25, 0.3) is 33.4 Å². The molecule has 91 heavy (non-hydrogen) atoms. The van der Waals surface area contributed by atoms with Crippen LogP contribution in [0.1, 0.15) is 194 Å². The first-order valence-electron chi connectivity index (χ1n) is 32.1. The summed E-state index contributed by atoms with van der Waals surface area (Å²) in [5.74, 6) is -4.83. The van der Waals surface area contributed by atoms with Gasteiger partial charge in [0.15, 0.2) is 17.3 Å². The molecule has 6 amide bonds. The number of fused-ring (bicyclic) bond motifs is 2. The van der Waals surface area contributed by atoms with Crippen LogP contribution in [0.3, 0.4) is 0 Å². The van der Waals surface area contributed by atoms with Gasteiger partial charge in [0.1, 0.15) is 35.2 Å². The lowest BCUT2D eigenvalue weighted by molar-refractivity contribution is -0.142. The van der Waals surface area contributed by atoms with Gasteiger partial charge in [0.25, 0.3) is 5.91 Å². The quantitative estimate of drug-likeness (QED) is 0.0112. The van der Waals surface area contributed by atoms with Crippen LogP contribution < -0.4 is 66.0 Å². The summed E-state index contributed by atoms with van der Waals surface area (Å²) in [4.78, 5) is 123. The Labute approximate surface area is 531 Å². The number of unbranched alkanes of at least 4 members (excludes halogenated alkanes) is 17. The van der Waals surface area contributed by atoms with E-state index in [-0.39, 0.29) is 87.6 Å². The van der Waals surface area contributed by atoms with E-state index in [2.05, 4.69) is 41.9 Å². The van der Waals surface area contributed by atoms with E-state index in [1.54, 1.807) is 6.07 Å². The summed E-state index contributed by atoms with van der Waals surface area (Å²) >= 11 is 0. The van der Waals surface area contributed by atoms with Gasteiger partial charge in [0, 0.05) is 73.2 Å². The largest absolute Gasteiger partial charge is 0.508 e. The molecule has 0 unspecified atom stereocenters. The minimum Gasteiger partial charge on any atom is -0.508 e. The van der Waals surface area contributed by atoms with Gasteiger partial charge in [-0.3, -0.25) is 43.5 Å². The van der Waals surface area contributed by atoms with Crippen LogP contribution in [0.4, 0.5) is 0 Å². The zero-order valence-corrected chi connectivity index (χ0v) is 52.5. The maximum Gasteiger partial charge on any atom is 0.336 e. The molecule has 1 aliphatic carbocycles. The average molecular weight is 1270 g/mol. The molecule has 2 aliphatic rings. The normalized spacial score (nSPS) is 12.1. The number of carbonyl (C=O) groups is 8. The molecule has 26 heteroatoms. The SMILES string of the molecule is NCCCC[C@H](NC(=O)CNC(=O)c1ccc(-c2c3ccc(=O)cc-3oc3cc(O)ccc23)c(C(=O)O)c1)C(=O)NCCCCCCCCCCCC(=O)N[C@@H](CCCN=C(N)N)C(=O)NCCCCCCCCCCCC(=O)N[C@@H](CCCN=C(N)N)C(=O)O. The van der Waals surface area contributed by atoms with Crippen LogP contribution in [-0.2, 0) is 28.8 Å². The third-order valence-electron chi connectivity index (χ3n) is 15.4. The van der Waals surface area contributed by atoms with Gasteiger partial charge in [-0.05, 0) is 119 Å². The van der Waals surface area contributed by atoms with Crippen molar-refractivity contribution >= 4 is 70.3 Å². The van der Waals surface area contributed by atoms with E-state index < -0.39 is 48.4 Å². The van der Waals surface area contributed by atoms with Crippen LogP contribution in [0, 0.1) is 0 Å². The Balaban J connectivity index is 1.07. The van der Waals surface area contributed by atoms with Crippen molar-refractivity contribution in [3.8, 4) is 28.2 Å². The number of hydrogen-bond acceptors (Lipinski definition) is 14. The van der Waals surface area contributed by atoms with Crippen molar-refractivity contribution in [3.63, 3.8) is 0 Å². The third-order valence-corrected chi connectivity index (χ3v) is 15.4. The van der Waals surface area contributed by atoms with Crippen molar-refractivity contribution < 1.29 is 58.1 Å². The molecule has 2 aromatic carbocycles. The molecule has 2 aromatic rings. The number of benzene rings is 3. The summed E-state index contributed by atoms with van der Waals surface area (Å²) in [5.41, 5.74) is 27.9. The summed E-state index contributed by atoms with van der Waals surface area (Å²) in [6.45, 7) is 1.47. The molecule has 0 saturated heterocycles. The van der Waals surface area contributed by atoms with Crippen LogP contribution in [0.2, 0.25) is 0 Å². The molecular weight excluding hydrogens is 1170 g/mol. The highest BCUT2D eigenvalue weighted by atomic mass is 16.4. The van der Waals surface area contributed by atoms with Gasteiger partial charge < -0.3 is 80.3 Å². The van der Waals surface area contributed by atoms with E-state index in [0.29, 0.717) is 107 Å². The number of nitrogens with two attached hydrogens (primary N) is 5. The number of nitrogens with zero attached hydrogens (tertiary/aromatic N) is 2. The fraction of sp³-hybridized carbons (Fsp3) is 0.554. The molecule has 0 fully saturated rings. The first-order valence-corrected chi connectivity index (χ1v) is 32.1. The van der Waals surface area contributed by atoms with E-state index >= 15 is 0 Å². The smallest absolute Gasteiger partial charge is 0.336 e. The highest BCUT2D eigenvalue weighted by Gasteiger charge is 2.26.